The highest BCUT2D eigenvalue weighted by atomic mass is 35.5. The summed E-state index contributed by atoms with van der Waals surface area (Å²) in [6.45, 7) is 0.500. The van der Waals surface area contributed by atoms with Crippen LogP contribution in [0.15, 0.2) is 36.4 Å². The van der Waals surface area contributed by atoms with Crippen LogP contribution < -0.4 is 10.6 Å². The van der Waals surface area contributed by atoms with E-state index in [1.54, 1.807) is 6.07 Å². The Morgan fingerprint density at radius 2 is 1.70 bits per heavy atom. The van der Waals surface area contributed by atoms with Crippen molar-refractivity contribution in [1.29, 1.82) is 0 Å². The highest BCUT2D eigenvalue weighted by Crippen LogP contribution is 2.47. The second-order valence-electron chi connectivity index (χ2n) is 6.30. The predicted molar refractivity (Wildman–Crippen MR) is 99.0 cm³/mol. The first-order valence-electron chi connectivity index (χ1n) is 8.32. The van der Waals surface area contributed by atoms with Crippen molar-refractivity contribution in [3.05, 3.63) is 69.2 Å². The fraction of sp³-hybridized carbons (Fsp3) is 0.263. The molecule has 0 radical (unpaired) electrons. The molecule has 0 bridgehead atoms. The van der Waals surface area contributed by atoms with E-state index in [1.165, 1.54) is 18.2 Å². The molecule has 0 spiro atoms. The molecule has 8 heteroatoms. The van der Waals surface area contributed by atoms with Crippen LogP contribution in [0.1, 0.15) is 28.3 Å². The highest BCUT2D eigenvalue weighted by molar-refractivity contribution is 6.42. The second kappa shape index (κ2) is 8.23. The maximum absolute atomic E-state index is 13.3. The van der Waals surface area contributed by atoms with Crippen molar-refractivity contribution in [2.45, 2.75) is 12.3 Å². The van der Waals surface area contributed by atoms with Crippen LogP contribution in [0.4, 0.5) is 8.78 Å². The van der Waals surface area contributed by atoms with E-state index in [4.69, 9.17) is 23.2 Å². The SMILES string of the molecule is O=C(NCCNC(=O)C1CC1c1ccc(F)c(F)c1)c1ccc(Cl)c(Cl)c1. The van der Waals surface area contributed by atoms with Gasteiger partial charge in [-0.3, -0.25) is 9.59 Å². The summed E-state index contributed by atoms with van der Waals surface area (Å²) in [7, 11) is 0. The van der Waals surface area contributed by atoms with Crippen LogP contribution >= 0.6 is 23.2 Å². The number of rotatable bonds is 6. The minimum Gasteiger partial charge on any atom is -0.354 e. The van der Waals surface area contributed by atoms with Crippen molar-refractivity contribution in [2.75, 3.05) is 13.1 Å². The van der Waals surface area contributed by atoms with Gasteiger partial charge >= 0.3 is 0 Å². The average molecular weight is 413 g/mol. The molecule has 0 saturated heterocycles. The summed E-state index contributed by atoms with van der Waals surface area (Å²) in [6.07, 6.45) is 0.590. The molecular formula is C19H16Cl2F2N2O2. The zero-order chi connectivity index (χ0) is 19.6. The molecule has 2 amide bonds. The molecule has 2 aromatic carbocycles. The fourth-order valence-electron chi connectivity index (χ4n) is 2.83. The zero-order valence-electron chi connectivity index (χ0n) is 14.1. The molecule has 1 aliphatic rings. The molecule has 0 heterocycles. The minimum absolute atomic E-state index is 0.106. The normalized spacial score (nSPS) is 18.1. The molecular weight excluding hydrogens is 397 g/mol. The zero-order valence-corrected chi connectivity index (χ0v) is 15.6. The van der Waals surface area contributed by atoms with Crippen LogP contribution in [0.5, 0.6) is 0 Å². The maximum Gasteiger partial charge on any atom is 0.251 e. The summed E-state index contributed by atoms with van der Waals surface area (Å²) < 4.78 is 26.2. The molecule has 4 nitrogen and oxygen atoms in total. The van der Waals surface area contributed by atoms with Gasteiger partial charge in [0.15, 0.2) is 11.6 Å². The van der Waals surface area contributed by atoms with Crippen LogP contribution in [0, 0.1) is 17.6 Å². The molecule has 1 fully saturated rings. The Labute approximate surface area is 164 Å². The van der Waals surface area contributed by atoms with Gasteiger partial charge in [0.1, 0.15) is 0 Å². The van der Waals surface area contributed by atoms with E-state index >= 15 is 0 Å². The Bertz CT molecular complexity index is 892. The van der Waals surface area contributed by atoms with Crippen molar-refractivity contribution in [2.24, 2.45) is 5.92 Å². The van der Waals surface area contributed by atoms with E-state index in [2.05, 4.69) is 10.6 Å². The number of carbonyl (C=O) groups excluding carboxylic acids is 2. The monoisotopic (exact) mass is 412 g/mol. The molecule has 1 aliphatic carbocycles. The largest absolute Gasteiger partial charge is 0.354 e. The lowest BCUT2D eigenvalue weighted by Gasteiger charge is -2.08. The molecule has 3 rings (SSSR count). The highest BCUT2D eigenvalue weighted by Gasteiger charge is 2.43. The lowest BCUT2D eigenvalue weighted by Crippen LogP contribution is -2.35. The van der Waals surface area contributed by atoms with Crippen LogP contribution in [0.3, 0.4) is 0 Å². The van der Waals surface area contributed by atoms with Crippen LogP contribution in [-0.4, -0.2) is 24.9 Å². The standard InChI is InChI=1S/C19H16Cl2F2N2O2/c20-14-3-1-11(7-15(14)21)18(26)24-5-6-25-19(27)13-9-12(13)10-2-4-16(22)17(23)8-10/h1-4,7-8,12-13H,5-6,9H2,(H,24,26)(H,25,27). The summed E-state index contributed by atoms with van der Waals surface area (Å²) in [4.78, 5) is 24.1. The number of benzene rings is 2. The number of hydrogen-bond donors (Lipinski definition) is 2. The van der Waals surface area contributed by atoms with Crippen LogP contribution in [-0.2, 0) is 4.79 Å². The van der Waals surface area contributed by atoms with Gasteiger partial charge in [0.25, 0.3) is 5.91 Å². The van der Waals surface area contributed by atoms with Gasteiger partial charge in [-0.15, -0.1) is 0 Å². The van der Waals surface area contributed by atoms with E-state index in [0.717, 1.165) is 12.1 Å². The van der Waals surface area contributed by atoms with Crippen molar-refractivity contribution in [1.82, 2.24) is 10.6 Å². The number of carbonyl (C=O) groups is 2. The van der Waals surface area contributed by atoms with Gasteiger partial charge in [-0.2, -0.15) is 0 Å². The predicted octanol–water partition coefficient (Wildman–Crippen LogP) is 3.92. The van der Waals surface area contributed by atoms with Crippen molar-refractivity contribution in [3.63, 3.8) is 0 Å². The third-order valence-corrected chi connectivity index (χ3v) is 5.13. The van der Waals surface area contributed by atoms with Gasteiger partial charge in [-0.05, 0) is 48.2 Å². The lowest BCUT2D eigenvalue weighted by molar-refractivity contribution is -0.122. The van der Waals surface area contributed by atoms with Gasteiger partial charge in [-0.1, -0.05) is 29.3 Å². The number of amides is 2. The summed E-state index contributed by atoms with van der Waals surface area (Å²) in [5, 5.41) is 6.05. The Hall–Kier alpha value is -2.18. The topological polar surface area (TPSA) is 58.2 Å². The van der Waals surface area contributed by atoms with E-state index in [1.807, 2.05) is 0 Å². The van der Waals surface area contributed by atoms with E-state index in [-0.39, 0.29) is 41.8 Å². The van der Waals surface area contributed by atoms with E-state index in [9.17, 15) is 18.4 Å². The Morgan fingerprint density at radius 3 is 2.41 bits per heavy atom. The van der Waals surface area contributed by atoms with E-state index in [0.29, 0.717) is 22.6 Å². The smallest absolute Gasteiger partial charge is 0.251 e. The first-order chi connectivity index (χ1) is 12.9. The summed E-state index contributed by atoms with van der Waals surface area (Å²) >= 11 is 11.7. The summed E-state index contributed by atoms with van der Waals surface area (Å²) in [5.74, 6) is -2.68. The van der Waals surface area contributed by atoms with Crippen molar-refractivity contribution in [3.8, 4) is 0 Å². The molecule has 0 aromatic heterocycles. The molecule has 0 aliphatic heterocycles. The van der Waals surface area contributed by atoms with Gasteiger partial charge in [0.05, 0.1) is 10.0 Å². The molecule has 2 aromatic rings. The Kier molecular flexibility index (Phi) is 5.97. The summed E-state index contributed by atoms with van der Waals surface area (Å²) in [6, 6.07) is 8.24. The summed E-state index contributed by atoms with van der Waals surface area (Å²) in [5.41, 5.74) is 0.985. The van der Waals surface area contributed by atoms with E-state index < -0.39 is 11.6 Å². The van der Waals surface area contributed by atoms with Crippen LogP contribution in [0.25, 0.3) is 0 Å². The number of hydrogen-bond acceptors (Lipinski definition) is 2. The third-order valence-electron chi connectivity index (χ3n) is 4.39. The number of nitrogens with one attached hydrogen (secondary N) is 2. The molecule has 27 heavy (non-hydrogen) atoms. The molecule has 2 atom stereocenters. The molecule has 2 unspecified atom stereocenters. The van der Waals surface area contributed by atoms with Crippen molar-refractivity contribution < 1.29 is 18.4 Å². The van der Waals surface area contributed by atoms with Crippen LogP contribution in [0.2, 0.25) is 10.0 Å². The fourth-order valence-corrected chi connectivity index (χ4v) is 3.13. The number of halogens is 4. The molecule has 1 saturated carbocycles. The van der Waals surface area contributed by atoms with Gasteiger partial charge in [0.2, 0.25) is 5.91 Å². The maximum atomic E-state index is 13.3. The first kappa shape index (κ1) is 19.6. The quantitative estimate of drug-likeness (QED) is 0.706. The Morgan fingerprint density at radius 1 is 0.963 bits per heavy atom. The average Bonchev–Trinajstić information content (AvgIpc) is 3.44. The van der Waals surface area contributed by atoms with Crippen molar-refractivity contribution >= 4 is 35.0 Å². The second-order valence-corrected chi connectivity index (χ2v) is 7.11. The lowest BCUT2D eigenvalue weighted by atomic mass is 10.1. The minimum atomic E-state index is -0.913. The first-order valence-corrected chi connectivity index (χ1v) is 9.08. The van der Waals surface area contributed by atoms with Gasteiger partial charge < -0.3 is 10.6 Å². The molecule has 2 N–H and O–H groups in total. The third kappa shape index (κ3) is 4.76. The van der Waals surface area contributed by atoms with Gasteiger partial charge in [0, 0.05) is 24.6 Å². The Balaban J connectivity index is 1.42. The van der Waals surface area contributed by atoms with Gasteiger partial charge in [-0.25, -0.2) is 8.78 Å². The molecule has 142 valence electrons.